The maximum absolute atomic E-state index is 11.8. The number of nitrogens with zero attached hydrogens (tertiary/aromatic N) is 4. The topological polar surface area (TPSA) is 103 Å². The molecule has 0 aliphatic carbocycles. The van der Waals surface area contributed by atoms with Crippen LogP contribution in [0.4, 0.5) is 0 Å². The summed E-state index contributed by atoms with van der Waals surface area (Å²) in [6, 6.07) is 7.35. The van der Waals surface area contributed by atoms with Crippen molar-refractivity contribution in [3.05, 3.63) is 54.4 Å². The first-order chi connectivity index (χ1) is 11.8. The van der Waals surface area contributed by atoms with E-state index in [1.165, 1.54) is 18.6 Å². The number of methoxy groups -OCH3 is 1. The van der Waals surface area contributed by atoms with Crippen LogP contribution < -0.4 is 10.1 Å². The fraction of sp³-hybridized carbons (Fsp3) is 0.188. The minimum atomic E-state index is -0.294. The largest absolute Gasteiger partial charge is 0.497 e. The van der Waals surface area contributed by atoms with E-state index in [9.17, 15) is 4.79 Å². The van der Waals surface area contributed by atoms with Gasteiger partial charge >= 0.3 is 0 Å². The normalized spacial score (nSPS) is 10.4. The van der Waals surface area contributed by atoms with Crippen LogP contribution in [0.2, 0.25) is 0 Å². The number of carbonyl (C=O) groups is 1. The van der Waals surface area contributed by atoms with Gasteiger partial charge < -0.3 is 14.6 Å². The molecule has 0 saturated carbocycles. The molecular formula is C16H15N5O3. The molecule has 0 aliphatic heterocycles. The molecule has 3 rings (SSSR count). The zero-order chi connectivity index (χ0) is 16.8. The Morgan fingerprint density at radius 3 is 2.79 bits per heavy atom. The monoisotopic (exact) mass is 325 g/mol. The van der Waals surface area contributed by atoms with Crippen LogP contribution in [0.25, 0.3) is 11.4 Å². The molecule has 2 aromatic heterocycles. The summed E-state index contributed by atoms with van der Waals surface area (Å²) in [5.74, 6) is 1.40. The Hall–Kier alpha value is -3.29. The average molecular weight is 325 g/mol. The predicted molar refractivity (Wildman–Crippen MR) is 84.4 cm³/mol. The second-order valence-electron chi connectivity index (χ2n) is 4.84. The number of amides is 1. The van der Waals surface area contributed by atoms with Gasteiger partial charge in [-0.1, -0.05) is 5.16 Å². The molecule has 1 amide bonds. The van der Waals surface area contributed by atoms with E-state index in [0.29, 0.717) is 24.7 Å². The Morgan fingerprint density at radius 2 is 2.08 bits per heavy atom. The molecule has 1 N–H and O–H groups in total. The molecule has 1 aromatic carbocycles. The van der Waals surface area contributed by atoms with E-state index in [2.05, 4.69) is 25.4 Å². The Bertz CT molecular complexity index is 802. The average Bonchev–Trinajstić information content (AvgIpc) is 3.11. The maximum Gasteiger partial charge on any atom is 0.271 e. The number of rotatable bonds is 6. The summed E-state index contributed by atoms with van der Waals surface area (Å²) in [6.07, 6.45) is 4.81. The van der Waals surface area contributed by atoms with Crippen LogP contribution in [0.3, 0.4) is 0 Å². The highest BCUT2D eigenvalue weighted by atomic mass is 16.5. The van der Waals surface area contributed by atoms with Crippen molar-refractivity contribution in [3.8, 4) is 17.1 Å². The number of aromatic nitrogens is 4. The van der Waals surface area contributed by atoms with Gasteiger partial charge in [-0.15, -0.1) is 0 Å². The summed E-state index contributed by atoms with van der Waals surface area (Å²) >= 11 is 0. The van der Waals surface area contributed by atoms with Gasteiger partial charge in [-0.05, 0) is 24.3 Å². The molecule has 8 heteroatoms. The molecule has 2 heterocycles. The van der Waals surface area contributed by atoms with E-state index in [1.54, 1.807) is 7.11 Å². The lowest BCUT2D eigenvalue weighted by Crippen LogP contribution is -2.26. The Kier molecular flexibility index (Phi) is 4.76. The minimum absolute atomic E-state index is 0.266. The van der Waals surface area contributed by atoms with E-state index < -0.39 is 0 Å². The van der Waals surface area contributed by atoms with Gasteiger partial charge in [0.15, 0.2) is 0 Å². The van der Waals surface area contributed by atoms with Gasteiger partial charge in [0.1, 0.15) is 11.4 Å². The molecule has 0 aliphatic rings. The fourth-order valence-electron chi connectivity index (χ4n) is 2.00. The molecule has 0 spiro atoms. The number of ether oxygens (including phenoxy) is 1. The quantitative estimate of drug-likeness (QED) is 0.732. The van der Waals surface area contributed by atoms with Crippen LogP contribution in [0.1, 0.15) is 16.4 Å². The van der Waals surface area contributed by atoms with Crippen molar-refractivity contribution in [2.45, 2.75) is 6.42 Å². The van der Waals surface area contributed by atoms with E-state index in [1.807, 2.05) is 24.3 Å². The van der Waals surface area contributed by atoms with Crippen molar-refractivity contribution in [1.82, 2.24) is 25.4 Å². The zero-order valence-corrected chi connectivity index (χ0v) is 13.0. The lowest BCUT2D eigenvalue weighted by molar-refractivity contribution is 0.0948. The summed E-state index contributed by atoms with van der Waals surface area (Å²) in [5.41, 5.74) is 1.09. The van der Waals surface area contributed by atoms with Gasteiger partial charge in [0, 0.05) is 30.9 Å². The number of benzene rings is 1. The summed E-state index contributed by atoms with van der Waals surface area (Å²) in [5, 5.41) is 6.66. The molecule has 0 unspecified atom stereocenters. The van der Waals surface area contributed by atoms with Gasteiger partial charge in [-0.25, -0.2) is 4.98 Å². The molecule has 0 radical (unpaired) electrons. The molecule has 8 nitrogen and oxygen atoms in total. The SMILES string of the molecule is COc1ccc(-c2noc(CCNC(=O)c3cnccn3)n2)cc1. The second-order valence-corrected chi connectivity index (χ2v) is 4.84. The van der Waals surface area contributed by atoms with Crippen LogP contribution in [-0.4, -0.2) is 39.7 Å². The van der Waals surface area contributed by atoms with Crippen molar-refractivity contribution >= 4 is 5.91 Å². The molecule has 24 heavy (non-hydrogen) atoms. The minimum Gasteiger partial charge on any atom is -0.497 e. The number of hydrogen-bond acceptors (Lipinski definition) is 7. The fourth-order valence-corrected chi connectivity index (χ4v) is 2.00. The molecule has 0 saturated heterocycles. The highest BCUT2D eigenvalue weighted by Gasteiger charge is 2.10. The summed E-state index contributed by atoms with van der Waals surface area (Å²) in [4.78, 5) is 23.9. The van der Waals surface area contributed by atoms with Gasteiger partial charge in [0.2, 0.25) is 11.7 Å². The van der Waals surface area contributed by atoms with E-state index in [-0.39, 0.29) is 11.6 Å². The standard InChI is InChI=1S/C16H15N5O3/c1-23-12-4-2-11(3-5-12)15-20-14(24-21-15)6-7-19-16(22)13-10-17-8-9-18-13/h2-5,8-10H,6-7H2,1H3,(H,19,22). The second kappa shape index (κ2) is 7.32. The van der Waals surface area contributed by atoms with Crippen molar-refractivity contribution in [1.29, 1.82) is 0 Å². The van der Waals surface area contributed by atoms with Gasteiger partial charge in [-0.3, -0.25) is 9.78 Å². The summed E-state index contributed by atoms with van der Waals surface area (Å²) in [7, 11) is 1.61. The van der Waals surface area contributed by atoms with Crippen LogP contribution >= 0.6 is 0 Å². The molecule has 122 valence electrons. The van der Waals surface area contributed by atoms with E-state index >= 15 is 0 Å². The van der Waals surface area contributed by atoms with Crippen LogP contribution in [0.15, 0.2) is 47.4 Å². The van der Waals surface area contributed by atoms with E-state index in [4.69, 9.17) is 9.26 Å². The summed E-state index contributed by atoms with van der Waals surface area (Å²) in [6.45, 7) is 0.361. The number of carbonyl (C=O) groups excluding carboxylic acids is 1. The Labute approximate surface area is 137 Å². The Balaban J connectivity index is 1.55. The van der Waals surface area contributed by atoms with Gasteiger partial charge in [0.25, 0.3) is 5.91 Å². The van der Waals surface area contributed by atoms with Gasteiger partial charge in [-0.2, -0.15) is 4.98 Å². The molecule has 3 aromatic rings. The third-order valence-electron chi connectivity index (χ3n) is 3.24. The third kappa shape index (κ3) is 3.72. The lowest BCUT2D eigenvalue weighted by atomic mass is 10.2. The van der Waals surface area contributed by atoms with Crippen LogP contribution in [-0.2, 0) is 6.42 Å². The smallest absolute Gasteiger partial charge is 0.271 e. The van der Waals surface area contributed by atoms with Crippen molar-refractivity contribution in [3.63, 3.8) is 0 Å². The maximum atomic E-state index is 11.8. The first-order valence-corrected chi connectivity index (χ1v) is 7.27. The highest BCUT2D eigenvalue weighted by molar-refractivity contribution is 5.91. The molecule has 0 bridgehead atoms. The van der Waals surface area contributed by atoms with Crippen LogP contribution in [0.5, 0.6) is 5.75 Å². The van der Waals surface area contributed by atoms with Crippen molar-refractivity contribution < 1.29 is 14.1 Å². The number of nitrogens with one attached hydrogen (secondary N) is 1. The zero-order valence-electron chi connectivity index (χ0n) is 13.0. The first-order valence-electron chi connectivity index (χ1n) is 7.27. The summed E-state index contributed by atoms with van der Waals surface area (Å²) < 4.78 is 10.3. The predicted octanol–water partition coefficient (Wildman–Crippen LogP) is 1.51. The molecular weight excluding hydrogens is 310 g/mol. The van der Waals surface area contributed by atoms with E-state index in [0.717, 1.165) is 11.3 Å². The van der Waals surface area contributed by atoms with Crippen molar-refractivity contribution in [2.24, 2.45) is 0 Å². The molecule has 0 fully saturated rings. The Morgan fingerprint density at radius 1 is 1.25 bits per heavy atom. The molecule has 0 atom stereocenters. The third-order valence-corrected chi connectivity index (χ3v) is 3.24. The van der Waals surface area contributed by atoms with Crippen molar-refractivity contribution in [2.75, 3.05) is 13.7 Å². The first kappa shape index (κ1) is 15.6. The lowest BCUT2D eigenvalue weighted by Gasteiger charge is -2.01. The highest BCUT2D eigenvalue weighted by Crippen LogP contribution is 2.19. The van der Waals surface area contributed by atoms with Crippen LogP contribution in [0, 0.1) is 0 Å². The number of hydrogen-bond donors (Lipinski definition) is 1. The van der Waals surface area contributed by atoms with Gasteiger partial charge in [0.05, 0.1) is 13.3 Å².